The topological polar surface area (TPSA) is 211 Å². The Morgan fingerprint density at radius 2 is 1.12 bits per heavy atom. The predicted molar refractivity (Wildman–Crippen MR) is 236 cm³/mol. The number of nitrogens with one attached hydrogen (secondary N) is 1. The van der Waals surface area contributed by atoms with Crippen molar-refractivity contribution in [3.05, 3.63) is 59.7 Å². The summed E-state index contributed by atoms with van der Waals surface area (Å²) < 4.78 is 23.6. The Morgan fingerprint density at radius 3 is 1.47 bits per heavy atom. The summed E-state index contributed by atoms with van der Waals surface area (Å²) in [5.41, 5.74) is 7.18. The van der Waals surface area contributed by atoms with Crippen molar-refractivity contribution in [1.82, 2.24) is 24.9 Å². The molecule has 2 atom stereocenters. The molecule has 2 aromatic carbocycles. The fourth-order valence-electron chi connectivity index (χ4n) is 6.89. The van der Waals surface area contributed by atoms with Crippen LogP contribution in [0.15, 0.2) is 48.5 Å². The lowest BCUT2D eigenvalue weighted by molar-refractivity contribution is -0.145. The average molecular weight is 863 g/mol. The van der Waals surface area contributed by atoms with Crippen LogP contribution in [0.2, 0.25) is 0 Å². The third-order valence-corrected chi connectivity index (χ3v) is 13.2. The van der Waals surface area contributed by atoms with Crippen LogP contribution in [-0.2, 0) is 25.3 Å². The number of carbonyl (C=O) groups excluding carboxylic acids is 3. The number of rotatable bonds is 18. The van der Waals surface area contributed by atoms with Crippen molar-refractivity contribution in [2.75, 3.05) is 79.0 Å². The van der Waals surface area contributed by atoms with Crippen LogP contribution in [0.25, 0.3) is 0 Å². The van der Waals surface area contributed by atoms with Gasteiger partial charge in [-0.3, -0.25) is 4.79 Å². The first kappa shape index (κ1) is 51.1. The van der Waals surface area contributed by atoms with Gasteiger partial charge < -0.3 is 50.0 Å². The summed E-state index contributed by atoms with van der Waals surface area (Å²) in [4.78, 5) is 64.5. The standard InChI is InChI=1S/C21H34N3O4P.C12H23N3O3.C9H11O2P/c1-16(2)19(20(25)26)24-14-6-13-23(21(24)27)12-5-11-22-15-17-7-9-18(10-8-17)29(3,4)28;1-9(2)10(11(16)17)15-8-4-7-14(12(15)18)6-3-5-13;1-12(2,11)9-5-3-8(7-10)4-6-9/h7-10,16,19,22H,5-6,11-15H2,1-4H3,(H,25,26);9-10H,3-8,13H2,1-2H3,(H,16,17);3-7H,1-2H3. The Hall–Kier alpha value is -4.03. The zero-order valence-corrected chi connectivity index (χ0v) is 38.0. The Morgan fingerprint density at radius 1 is 0.712 bits per heavy atom. The largest absolute Gasteiger partial charge is 0.480 e. The summed E-state index contributed by atoms with van der Waals surface area (Å²) in [6.07, 6.45) is 3.93. The highest BCUT2D eigenvalue weighted by Crippen LogP contribution is 2.35. The molecule has 2 aromatic rings. The van der Waals surface area contributed by atoms with E-state index >= 15 is 0 Å². The number of carboxylic acid groups (broad SMARTS) is 2. The molecule has 0 radical (unpaired) electrons. The highest BCUT2D eigenvalue weighted by molar-refractivity contribution is 7.70. The van der Waals surface area contributed by atoms with Gasteiger partial charge >= 0.3 is 24.0 Å². The van der Waals surface area contributed by atoms with Gasteiger partial charge in [0.05, 0.1) is 0 Å². The van der Waals surface area contributed by atoms with Crippen LogP contribution in [0, 0.1) is 11.8 Å². The quantitative estimate of drug-likeness (QED) is 0.0893. The third-order valence-electron chi connectivity index (χ3n) is 10.1. The number of urea groups is 2. The van der Waals surface area contributed by atoms with E-state index < -0.39 is 38.3 Å². The van der Waals surface area contributed by atoms with Gasteiger partial charge in [0, 0.05) is 62.0 Å². The van der Waals surface area contributed by atoms with Crippen molar-refractivity contribution in [1.29, 1.82) is 0 Å². The highest BCUT2D eigenvalue weighted by Gasteiger charge is 2.37. The fraction of sp³-hybridized carbons (Fsp3) is 0.595. The van der Waals surface area contributed by atoms with E-state index in [1.54, 1.807) is 60.7 Å². The molecule has 17 heteroatoms. The molecule has 2 unspecified atom stereocenters. The minimum Gasteiger partial charge on any atom is -0.480 e. The number of hydrogen-bond acceptors (Lipinski definition) is 9. The number of benzene rings is 2. The van der Waals surface area contributed by atoms with Crippen molar-refractivity contribution < 1.29 is 43.3 Å². The molecule has 2 aliphatic rings. The Bertz CT molecular complexity index is 1760. The van der Waals surface area contributed by atoms with Crippen LogP contribution in [0.1, 0.15) is 69.3 Å². The Labute approximate surface area is 350 Å². The van der Waals surface area contributed by atoms with Gasteiger partial charge in [-0.2, -0.15) is 0 Å². The monoisotopic (exact) mass is 862 g/mol. The molecular weight excluding hydrogens is 794 g/mol. The second-order valence-electron chi connectivity index (χ2n) is 16.4. The van der Waals surface area contributed by atoms with E-state index in [-0.39, 0.29) is 23.9 Å². The van der Waals surface area contributed by atoms with Crippen molar-refractivity contribution in [2.24, 2.45) is 17.6 Å². The summed E-state index contributed by atoms with van der Waals surface area (Å²) in [5.74, 6) is -2.09. The first-order valence-corrected chi connectivity index (χ1v) is 25.6. The predicted octanol–water partition coefficient (Wildman–Crippen LogP) is 4.97. The molecule has 0 saturated carbocycles. The molecule has 4 rings (SSSR count). The van der Waals surface area contributed by atoms with Crippen LogP contribution >= 0.6 is 14.3 Å². The van der Waals surface area contributed by atoms with Gasteiger partial charge in [-0.1, -0.05) is 76.2 Å². The van der Waals surface area contributed by atoms with E-state index in [9.17, 15) is 43.3 Å². The van der Waals surface area contributed by atoms with E-state index in [2.05, 4.69) is 5.32 Å². The molecule has 0 spiro atoms. The van der Waals surface area contributed by atoms with Crippen LogP contribution < -0.4 is 21.7 Å². The van der Waals surface area contributed by atoms with Gasteiger partial charge in [0.1, 0.15) is 32.7 Å². The summed E-state index contributed by atoms with van der Waals surface area (Å²) in [6, 6.07) is 12.8. The molecule has 2 aliphatic heterocycles. The van der Waals surface area contributed by atoms with Gasteiger partial charge in [0.25, 0.3) is 0 Å². The number of aldehydes is 1. The lowest BCUT2D eigenvalue weighted by Crippen LogP contribution is -2.57. The smallest absolute Gasteiger partial charge is 0.326 e. The molecule has 0 aliphatic carbocycles. The second kappa shape index (κ2) is 24.3. The number of carbonyl (C=O) groups is 5. The van der Waals surface area contributed by atoms with Gasteiger partial charge in [0.2, 0.25) is 0 Å². The first-order chi connectivity index (χ1) is 27.6. The zero-order valence-electron chi connectivity index (χ0n) is 36.2. The molecule has 330 valence electrons. The fourth-order valence-corrected chi connectivity index (χ4v) is 8.63. The number of hydrogen-bond donors (Lipinski definition) is 4. The Kier molecular flexibility index (Phi) is 21.0. The molecule has 0 aromatic heterocycles. The van der Waals surface area contributed by atoms with Crippen LogP contribution in [-0.4, -0.2) is 151 Å². The van der Waals surface area contributed by atoms with Crippen LogP contribution in [0.5, 0.6) is 0 Å². The maximum atomic E-state index is 12.7. The number of aliphatic carboxylic acids is 2. The maximum absolute atomic E-state index is 12.7. The Balaban J connectivity index is 0.000000339. The average Bonchev–Trinajstić information content (AvgIpc) is 3.16. The molecule has 2 heterocycles. The van der Waals surface area contributed by atoms with E-state index in [1.807, 2.05) is 52.0 Å². The van der Waals surface area contributed by atoms with Gasteiger partial charge in [0.15, 0.2) is 0 Å². The van der Waals surface area contributed by atoms with Crippen molar-refractivity contribution in [3.8, 4) is 0 Å². The van der Waals surface area contributed by atoms with E-state index in [4.69, 9.17) is 5.73 Å². The molecular formula is C42H68N6O9P2. The first-order valence-electron chi connectivity index (χ1n) is 20.4. The molecule has 2 saturated heterocycles. The molecule has 4 amide bonds. The van der Waals surface area contributed by atoms with E-state index in [0.29, 0.717) is 57.9 Å². The minimum atomic E-state index is -2.22. The van der Waals surface area contributed by atoms with Crippen molar-refractivity contribution >= 4 is 55.2 Å². The SMILES string of the molecule is CC(C)C(C(=O)O)N1CCCN(CCCN)C1=O.CC(C)C(C(=O)O)N1CCCN(CCCNCc2ccc(P(C)(C)=O)cc2)C1=O.CP(C)(=O)c1ccc(C=O)cc1. The molecule has 0 bridgehead atoms. The van der Waals surface area contributed by atoms with Crippen LogP contribution in [0.3, 0.4) is 0 Å². The molecule has 2 fully saturated rings. The number of amides is 4. The number of carboxylic acids is 2. The highest BCUT2D eigenvalue weighted by atomic mass is 31.2. The third kappa shape index (κ3) is 16.5. The molecule has 15 nitrogen and oxygen atoms in total. The summed E-state index contributed by atoms with van der Waals surface area (Å²) in [7, 11) is -4.38. The summed E-state index contributed by atoms with van der Waals surface area (Å²) >= 11 is 0. The minimum absolute atomic E-state index is 0.0964. The van der Waals surface area contributed by atoms with Crippen LogP contribution in [0.4, 0.5) is 9.59 Å². The molecule has 59 heavy (non-hydrogen) atoms. The maximum Gasteiger partial charge on any atom is 0.326 e. The summed E-state index contributed by atoms with van der Waals surface area (Å²) in [5, 5.41) is 23.8. The molecule has 5 N–H and O–H groups in total. The van der Waals surface area contributed by atoms with Crippen molar-refractivity contribution in [3.63, 3.8) is 0 Å². The second-order valence-corrected chi connectivity index (χ2v) is 22.9. The van der Waals surface area contributed by atoms with Gasteiger partial charge in [-0.05, 0) is 82.8 Å². The van der Waals surface area contributed by atoms with Crippen molar-refractivity contribution in [2.45, 2.75) is 72.0 Å². The van der Waals surface area contributed by atoms with E-state index in [1.165, 1.54) is 9.80 Å². The van der Waals surface area contributed by atoms with Gasteiger partial charge in [-0.15, -0.1) is 0 Å². The summed E-state index contributed by atoms with van der Waals surface area (Å²) in [6.45, 7) is 19.9. The number of nitrogens with zero attached hydrogens (tertiary/aromatic N) is 4. The lowest BCUT2D eigenvalue weighted by atomic mass is 10.0. The lowest BCUT2D eigenvalue weighted by Gasteiger charge is -2.40. The van der Waals surface area contributed by atoms with E-state index in [0.717, 1.165) is 54.7 Å². The normalized spacial score (nSPS) is 15.9. The van der Waals surface area contributed by atoms with Gasteiger partial charge in [-0.25, -0.2) is 19.2 Å². The zero-order chi connectivity index (χ0) is 44.5. The number of nitrogens with two attached hydrogens (primary N) is 1.